The summed E-state index contributed by atoms with van der Waals surface area (Å²) in [5.74, 6) is 0.784. The Labute approximate surface area is 210 Å². The van der Waals surface area contributed by atoms with Crippen molar-refractivity contribution in [2.75, 3.05) is 31.1 Å². The molecule has 4 aromatic rings. The van der Waals surface area contributed by atoms with E-state index in [0.717, 1.165) is 61.3 Å². The number of nitrogens with one attached hydrogen (secondary N) is 1. The monoisotopic (exact) mass is 483 g/mol. The lowest BCUT2D eigenvalue weighted by Gasteiger charge is -2.40. The zero-order valence-electron chi connectivity index (χ0n) is 20.8. The van der Waals surface area contributed by atoms with Crippen LogP contribution < -0.4 is 10.5 Å². The second-order valence-electron chi connectivity index (χ2n) is 10.2. The minimum atomic E-state index is -0.297. The molecule has 2 aromatic carbocycles. The van der Waals surface area contributed by atoms with Crippen LogP contribution in [0.3, 0.4) is 0 Å². The van der Waals surface area contributed by atoms with Crippen molar-refractivity contribution in [1.29, 1.82) is 0 Å². The van der Waals surface area contributed by atoms with Crippen molar-refractivity contribution in [2.45, 2.75) is 51.1 Å². The SMILES string of the molecule is Cc1ccc2cc([C@@H](c3nnnn3C3CCCCC3)N3CCN(c4ccccc4)CC3)c(=O)[nH]c2c1. The number of anilines is 1. The number of benzene rings is 2. The predicted octanol–water partition coefficient (Wildman–Crippen LogP) is 4.24. The van der Waals surface area contributed by atoms with Crippen LogP contribution in [0.5, 0.6) is 0 Å². The van der Waals surface area contributed by atoms with Crippen molar-refractivity contribution in [2.24, 2.45) is 0 Å². The van der Waals surface area contributed by atoms with E-state index in [1.54, 1.807) is 0 Å². The molecular formula is C28H33N7O. The van der Waals surface area contributed by atoms with Gasteiger partial charge in [0.15, 0.2) is 5.82 Å². The van der Waals surface area contributed by atoms with Gasteiger partial charge in [0.25, 0.3) is 5.56 Å². The normalized spacial score (nSPS) is 18.5. The number of nitrogens with zero attached hydrogens (tertiary/aromatic N) is 6. The van der Waals surface area contributed by atoms with Gasteiger partial charge in [-0.3, -0.25) is 9.69 Å². The summed E-state index contributed by atoms with van der Waals surface area (Å²) in [6, 6.07) is 18.8. The van der Waals surface area contributed by atoms with Crippen molar-refractivity contribution in [3.05, 3.63) is 81.9 Å². The Hall–Kier alpha value is -3.52. The molecule has 186 valence electrons. The summed E-state index contributed by atoms with van der Waals surface area (Å²) in [4.78, 5) is 21.5. The third-order valence-electron chi connectivity index (χ3n) is 7.81. The third-order valence-corrected chi connectivity index (χ3v) is 7.81. The number of aryl methyl sites for hydroxylation is 1. The molecule has 1 aliphatic heterocycles. The first-order valence-electron chi connectivity index (χ1n) is 13.1. The van der Waals surface area contributed by atoms with E-state index in [2.05, 4.69) is 66.7 Å². The summed E-state index contributed by atoms with van der Waals surface area (Å²) in [5.41, 5.74) is 3.87. The number of hydrogen-bond acceptors (Lipinski definition) is 6. The van der Waals surface area contributed by atoms with Gasteiger partial charge in [-0.25, -0.2) is 4.68 Å². The van der Waals surface area contributed by atoms with Gasteiger partial charge in [0.05, 0.1) is 6.04 Å². The van der Waals surface area contributed by atoms with Gasteiger partial charge in [0, 0.05) is 42.9 Å². The average molecular weight is 484 g/mol. The summed E-state index contributed by atoms with van der Waals surface area (Å²) in [7, 11) is 0. The quantitative estimate of drug-likeness (QED) is 0.457. The fourth-order valence-corrected chi connectivity index (χ4v) is 5.88. The number of para-hydroxylation sites is 1. The number of H-pyrrole nitrogens is 1. The van der Waals surface area contributed by atoms with Crippen molar-refractivity contribution in [1.82, 2.24) is 30.1 Å². The highest BCUT2D eigenvalue weighted by atomic mass is 16.1. The Bertz CT molecular complexity index is 1380. The van der Waals surface area contributed by atoms with E-state index in [9.17, 15) is 4.79 Å². The number of fused-ring (bicyclic) bond motifs is 1. The fraction of sp³-hybridized carbons (Fsp3) is 0.429. The summed E-state index contributed by atoms with van der Waals surface area (Å²) in [6.45, 7) is 5.45. The number of hydrogen-bond donors (Lipinski definition) is 1. The van der Waals surface area contributed by atoms with Crippen LogP contribution in [-0.4, -0.2) is 56.3 Å². The summed E-state index contributed by atoms with van der Waals surface area (Å²) < 4.78 is 2.02. The smallest absolute Gasteiger partial charge is 0.253 e. The molecule has 8 heteroatoms. The van der Waals surface area contributed by atoms with E-state index < -0.39 is 0 Å². The number of piperazine rings is 1. The largest absolute Gasteiger partial charge is 0.369 e. The highest BCUT2D eigenvalue weighted by Gasteiger charge is 2.34. The van der Waals surface area contributed by atoms with Crippen LogP contribution >= 0.6 is 0 Å². The molecule has 2 aliphatic rings. The van der Waals surface area contributed by atoms with Crippen LogP contribution in [0.15, 0.2) is 59.4 Å². The molecule has 0 amide bonds. The third kappa shape index (κ3) is 4.41. The molecule has 0 spiro atoms. The van der Waals surface area contributed by atoms with Gasteiger partial charge in [-0.05, 0) is 65.4 Å². The van der Waals surface area contributed by atoms with Crippen LogP contribution in [-0.2, 0) is 0 Å². The van der Waals surface area contributed by atoms with E-state index in [1.165, 1.54) is 24.9 Å². The summed E-state index contributed by atoms with van der Waals surface area (Å²) >= 11 is 0. The highest BCUT2D eigenvalue weighted by molar-refractivity contribution is 5.79. The molecule has 8 nitrogen and oxygen atoms in total. The molecule has 2 aromatic heterocycles. The number of aromatic nitrogens is 5. The van der Waals surface area contributed by atoms with Crippen molar-refractivity contribution >= 4 is 16.6 Å². The Morgan fingerprint density at radius 2 is 1.72 bits per heavy atom. The van der Waals surface area contributed by atoms with E-state index >= 15 is 0 Å². The molecule has 1 atom stereocenters. The summed E-state index contributed by atoms with van der Waals surface area (Å²) in [5, 5.41) is 14.1. The molecule has 2 fully saturated rings. The first-order chi connectivity index (χ1) is 17.7. The second kappa shape index (κ2) is 9.85. The van der Waals surface area contributed by atoms with Crippen molar-refractivity contribution in [3.63, 3.8) is 0 Å². The standard InChI is InChI=1S/C28H33N7O/c1-20-12-13-21-19-24(28(36)29-25(21)18-20)26(27-30-31-32-35(27)23-10-6-3-7-11-23)34-16-14-33(15-17-34)22-8-4-2-5-9-22/h2,4-5,8-9,12-13,18-19,23,26H,3,6-7,10-11,14-17H2,1H3,(H,29,36)/t26-/m0/s1. The fourth-order valence-electron chi connectivity index (χ4n) is 5.88. The minimum absolute atomic E-state index is 0.0678. The molecule has 1 saturated carbocycles. The lowest BCUT2D eigenvalue weighted by molar-refractivity contribution is 0.192. The van der Waals surface area contributed by atoms with Crippen LogP contribution in [0.4, 0.5) is 5.69 Å². The molecule has 1 saturated heterocycles. The Kier molecular flexibility index (Phi) is 6.27. The van der Waals surface area contributed by atoms with E-state index in [-0.39, 0.29) is 11.6 Å². The molecule has 1 aliphatic carbocycles. The number of rotatable bonds is 5. The van der Waals surface area contributed by atoms with Gasteiger partial charge in [-0.15, -0.1) is 5.10 Å². The lowest BCUT2D eigenvalue weighted by Crippen LogP contribution is -2.49. The molecule has 0 unspecified atom stereocenters. The molecule has 0 bridgehead atoms. The average Bonchev–Trinajstić information content (AvgIpc) is 3.40. The van der Waals surface area contributed by atoms with Gasteiger partial charge < -0.3 is 9.88 Å². The maximum absolute atomic E-state index is 13.5. The molecule has 36 heavy (non-hydrogen) atoms. The topological polar surface area (TPSA) is 82.9 Å². The first-order valence-corrected chi connectivity index (χ1v) is 13.1. The molecule has 3 heterocycles. The van der Waals surface area contributed by atoms with Gasteiger partial charge in [0.1, 0.15) is 6.04 Å². The number of aromatic amines is 1. The van der Waals surface area contributed by atoms with Crippen LogP contribution in [0.2, 0.25) is 0 Å². The Balaban J connectivity index is 1.39. The Morgan fingerprint density at radius 3 is 2.50 bits per heavy atom. The molecule has 6 rings (SSSR count). The maximum Gasteiger partial charge on any atom is 0.253 e. The van der Waals surface area contributed by atoms with Crippen molar-refractivity contribution in [3.8, 4) is 0 Å². The lowest BCUT2D eigenvalue weighted by atomic mass is 9.95. The zero-order chi connectivity index (χ0) is 24.5. The van der Waals surface area contributed by atoms with Gasteiger partial charge in [-0.2, -0.15) is 0 Å². The van der Waals surface area contributed by atoms with E-state index in [1.807, 2.05) is 29.8 Å². The minimum Gasteiger partial charge on any atom is -0.369 e. The first kappa shape index (κ1) is 22.9. The van der Waals surface area contributed by atoms with Gasteiger partial charge in [0.2, 0.25) is 0 Å². The molecule has 1 N–H and O–H groups in total. The van der Waals surface area contributed by atoms with Crippen LogP contribution in [0.1, 0.15) is 61.1 Å². The number of tetrazole rings is 1. The van der Waals surface area contributed by atoms with Crippen molar-refractivity contribution < 1.29 is 0 Å². The summed E-state index contributed by atoms with van der Waals surface area (Å²) in [6.07, 6.45) is 5.82. The zero-order valence-corrected chi connectivity index (χ0v) is 20.8. The molecular weight excluding hydrogens is 450 g/mol. The van der Waals surface area contributed by atoms with E-state index in [0.29, 0.717) is 11.6 Å². The Morgan fingerprint density at radius 1 is 0.944 bits per heavy atom. The van der Waals surface area contributed by atoms with Crippen LogP contribution in [0, 0.1) is 6.92 Å². The van der Waals surface area contributed by atoms with Gasteiger partial charge in [-0.1, -0.05) is 49.6 Å². The van der Waals surface area contributed by atoms with Crippen LogP contribution in [0.25, 0.3) is 10.9 Å². The highest BCUT2D eigenvalue weighted by Crippen LogP contribution is 2.33. The van der Waals surface area contributed by atoms with Gasteiger partial charge >= 0.3 is 0 Å². The number of pyridine rings is 1. The predicted molar refractivity (Wildman–Crippen MR) is 141 cm³/mol. The second-order valence-corrected chi connectivity index (χ2v) is 10.2. The molecule has 0 radical (unpaired) electrons. The maximum atomic E-state index is 13.5. The van der Waals surface area contributed by atoms with E-state index in [4.69, 9.17) is 0 Å².